The Morgan fingerprint density at radius 2 is 2.07 bits per heavy atom. The van der Waals surface area contributed by atoms with Crippen molar-refractivity contribution in [1.29, 1.82) is 0 Å². The van der Waals surface area contributed by atoms with Crippen LogP contribution >= 0.6 is 11.6 Å². The molecule has 0 aliphatic heterocycles. The van der Waals surface area contributed by atoms with Gasteiger partial charge in [-0.05, 0) is 24.3 Å². The van der Waals surface area contributed by atoms with E-state index in [1.807, 2.05) is 0 Å². The van der Waals surface area contributed by atoms with Crippen LogP contribution in [0, 0.1) is 0 Å². The minimum absolute atomic E-state index is 0.0397. The number of carbonyl (C=O) groups is 1. The zero-order chi connectivity index (χ0) is 21.0. The van der Waals surface area contributed by atoms with Gasteiger partial charge >= 0.3 is 0 Å². The molecule has 0 spiro atoms. The van der Waals surface area contributed by atoms with Gasteiger partial charge in [0, 0.05) is 7.05 Å². The monoisotopic (exact) mass is 438 g/mol. The van der Waals surface area contributed by atoms with Crippen LogP contribution in [0.5, 0.6) is 5.75 Å². The van der Waals surface area contributed by atoms with E-state index < -0.39 is 22.5 Å². The number of sulfonamides is 1. The van der Waals surface area contributed by atoms with Crippen LogP contribution in [0.4, 0.5) is 5.69 Å². The Labute approximate surface area is 172 Å². The van der Waals surface area contributed by atoms with Crippen molar-refractivity contribution in [2.45, 2.75) is 11.6 Å². The van der Waals surface area contributed by atoms with Crippen molar-refractivity contribution < 1.29 is 22.4 Å². The molecular formula is C18H19ClN4O5S. The third kappa shape index (κ3) is 4.61. The molecule has 2 aromatic heterocycles. The van der Waals surface area contributed by atoms with Crippen molar-refractivity contribution >= 4 is 33.2 Å². The first kappa shape index (κ1) is 20.9. The summed E-state index contributed by atoms with van der Waals surface area (Å²) in [6.45, 7) is -0.626. The summed E-state index contributed by atoms with van der Waals surface area (Å²) in [5, 5.41) is 6.28. The molecule has 29 heavy (non-hydrogen) atoms. The lowest BCUT2D eigenvalue weighted by atomic mass is 10.3. The van der Waals surface area contributed by atoms with Gasteiger partial charge in [-0.15, -0.1) is 0 Å². The van der Waals surface area contributed by atoms with Gasteiger partial charge < -0.3 is 14.5 Å². The molecule has 0 saturated heterocycles. The average molecular weight is 439 g/mol. The van der Waals surface area contributed by atoms with Crippen LogP contribution in [0.15, 0.2) is 58.3 Å². The van der Waals surface area contributed by atoms with Crippen molar-refractivity contribution in [1.82, 2.24) is 14.1 Å². The highest BCUT2D eigenvalue weighted by atomic mass is 35.5. The molecule has 0 fully saturated rings. The normalized spacial score (nSPS) is 11.6. The molecule has 0 aliphatic carbocycles. The zero-order valence-electron chi connectivity index (χ0n) is 15.7. The smallest absolute Gasteiger partial charge is 0.262 e. The first-order chi connectivity index (χ1) is 13.8. The number of furan rings is 1. The second-order valence-corrected chi connectivity index (χ2v) is 8.28. The Morgan fingerprint density at radius 3 is 2.69 bits per heavy atom. The second-order valence-electron chi connectivity index (χ2n) is 6.02. The molecule has 2 heterocycles. The minimum atomic E-state index is -4.15. The predicted octanol–water partition coefficient (Wildman–Crippen LogP) is 2.50. The molecule has 0 atom stereocenters. The van der Waals surface area contributed by atoms with E-state index in [2.05, 4.69) is 10.4 Å². The van der Waals surface area contributed by atoms with E-state index in [1.165, 1.54) is 26.6 Å². The second kappa shape index (κ2) is 8.68. The van der Waals surface area contributed by atoms with Gasteiger partial charge in [0.2, 0.25) is 5.91 Å². The molecule has 9 nitrogen and oxygen atoms in total. The van der Waals surface area contributed by atoms with Crippen molar-refractivity contribution in [3.05, 3.63) is 59.6 Å². The Kier molecular flexibility index (Phi) is 6.26. The molecule has 3 aromatic rings. The number of amides is 1. The van der Waals surface area contributed by atoms with Crippen molar-refractivity contribution in [3.8, 4) is 5.75 Å². The summed E-state index contributed by atoms with van der Waals surface area (Å²) in [6, 6.07) is 10.1. The minimum Gasteiger partial charge on any atom is -0.495 e. The molecule has 154 valence electrons. The van der Waals surface area contributed by atoms with Crippen molar-refractivity contribution in [2.75, 3.05) is 19.0 Å². The molecule has 0 bridgehead atoms. The van der Waals surface area contributed by atoms with Gasteiger partial charge in [0.1, 0.15) is 11.5 Å². The number of aryl methyl sites for hydroxylation is 1. The number of benzene rings is 1. The summed E-state index contributed by atoms with van der Waals surface area (Å²) >= 11 is 6.03. The summed E-state index contributed by atoms with van der Waals surface area (Å²) in [6.07, 6.45) is 2.65. The van der Waals surface area contributed by atoms with E-state index in [9.17, 15) is 13.2 Å². The highest BCUT2D eigenvalue weighted by molar-refractivity contribution is 7.89. The van der Waals surface area contributed by atoms with Gasteiger partial charge in [-0.25, -0.2) is 8.42 Å². The molecule has 3 rings (SSSR count). The van der Waals surface area contributed by atoms with Crippen LogP contribution in [-0.4, -0.2) is 42.1 Å². The van der Waals surface area contributed by atoms with Gasteiger partial charge in [-0.1, -0.05) is 23.7 Å². The van der Waals surface area contributed by atoms with Gasteiger partial charge in [0.25, 0.3) is 10.0 Å². The van der Waals surface area contributed by atoms with Gasteiger partial charge in [-0.2, -0.15) is 9.40 Å². The number of nitrogens with one attached hydrogen (secondary N) is 1. The number of aromatic nitrogens is 2. The van der Waals surface area contributed by atoms with Crippen LogP contribution in [0.2, 0.25) is 5.02 Å². The quantitative estimate of drug-likeness (QED) is 0.579. The maximum absolute atomic E-state index is 13.2. The number of rotatable bonds is 8. The maximum atomic E-state index is 13.2. The van der Waals surface area contributed by atoms with E-state index in [-0.39, 0.29) is 16.6 Å². The summed E-state index contributed by atoms with van der Waals surface area (Å²) in [5.41, 5.74) is 0.425. The molecule has 0 saturated carbocycles. The number of halogens is 1. The molecule has 0 radical (unpaired) electrons. The number of hydrogen-bond donors (Lipinski definition) is 1. The summed E-state index contributed by atoms with van der Waals surface area (Å²) in [5.74, 6) is 0.274. The molecule has 0 aliphatic rings. The fraction of sp³-hybridized carbons (Fsp3) is 0.222. The summed E-state index contributed by atoms with van der Waals surface area (Å²) < 4.78 is 39.0. The Hall–Kier alpha value is -2.82. The molecule has 1 aromatic carbocycles. The van der Waals surface area contributed by atoms with E-state index in [1.54, 1.807) is 36.4 Å². The Balaban J connectivity index is 1.89. The first-order valence-corrected chi connectivity index (χ1v) is 10.3. The highest BCUT2D eigenvalue weighted by Gasteiger charge is 2.32. The van der Waals surface area contributed by atoms with E-state index >= 15 is 0 Å². The number of anilines is 1. The van der Waals surface area contributed by atoms with Gasteiger partial charge in [0.05, 0.1) is 43.4 Å². The van der Waals surface area contributed by atoms with E-state index in [0.29, 0.717) is 17.2 Å². The maximum Gasteiger partial charge on any atom is 0.262 e. The molecule has 0 unspecified atom stereocenters. The largest absolute Gasteiger partial charge is 0.495 e. The van der Waals surface area contributed by atoms with Crippen molar-refractivity contribution in [2.24, 2.45) is 7.05 Å². The number of methoxy groups -OCH3 is 1. The first-order valence-electron chi connectivity index (χ1n) is 8.46. The zero-order valence-corrected chi connectivity index (χ0v) is 17.3. The number of carbonyl (C=O) groups excluding carboxylic acids is 1. The van der Waals surface area contributed by atoms with Crippen molar-refractivity contribution in [3.63, 3.8) is 0 Å². The molecular weight excluding hydrogens is 420 g/mol. The van der Waals surface area contributed by atoms with Crippen LogP contribution in [-0.2, 0) is 28.4 Å². The topological polar surface area (TPSA) is 107 Å². The third-order valence-electron chi connectivity index (χ3n) is 4.04. The Bertz CT molecular complexity index is 1080. The lowest BCUT2D eigenvalue weighted by Crippen LogP contribution is -2.38. The van der Waals surface area contributed by atoms with Crippen LogP contribution < -0.4 is 10.1 Å². The predicted molar refractivity (Wildman–Crippen MR) is 106 cm³/mol. The lowest BCUT2D eigenvalue weighted by molar-refractivity contribution is -0.116. The summed E-state index contributed by atoms with van der Waals surface area (Å²) in [7, 11) is -1.22. The molecule has 11 heteroatoms. The average Bonchev–Trinajstić information content (AvgIpc) is 3.31. The number of para-hydroxylation sites is 2. The van der Waals surface area contributed by atoms with Crippen LogP contribution in [0.1, 0.15) is 5.76 Å². The number of hydrogen-bond acceptors (Lipinski definition) is 6. The van der Waals surface area contributed by atoms with Crippen LogP contribution in [0.25, 0.3) is 0 Å². The molecule has 1 amide bonds. The standard InChI is InChI=1S/C18H19ClN4O5S/c1-22-18(14(19)10-20-22)29(25,26)23(11-13-6-5-9-28-13)12-17(24)21-15-7-3-4-8-16(15)27-2/h3-10H,11-12H2,1-2H3,(H,21,24). The lowest BCUT2D eigenvalue weighted by Gasteiger charge is -2.21. The summed E-state index contributed by atoms with van der Waals surface area (Å²) in [4.78, 5) is 12.6. The SMILES string of the molecule is COc1ccccc1NC(=O)CN(Cc1ccco1)S(=O)(=O)c1c(Cl)cnn1C. The van der Waals surface area contributed by atoms with Gasteiger partial charge in [0.15, 0.2) is 5.03 Å². The number of nitrogens with zero attached hydrogens (tertiary/aromatic N) is 3. The Morgan fingerprint density at radius 1 is 1.31 bits per heavy atom. The van der Waals surface area contributed by atoms with Crippen LogP contribution in [0.3, 0.4) is 0 Å². The number of ether oxygens (including phenoxy) is 1. The molecule has 1 N–H and O–H groups in total. The third-order valence-corrected chi connectivity index (χ3v) is 6.34. The fourth-order valence-corrected chi connectivity index (χ4v) is 4.68. The fourth-order valence-electron chi connectivity index (χ4n) is 2.71. The highest BCUT2D eigenvalue weighted by Crippen LogP contribution is 2.26. The van der Waals surface area contributed by atoms with E-state index in [0.717, 1.165) is 8.99 Å². The van der Waals surface area contributed by atoms with E-state index in [4.69, 9.17) is 20.8 Å². The van der Waals surface area contributed by atoms with Gasteiger partial charge in [-0.3, -0.25) is 9.48 Å².